The van der Waals surface area contributed by atoms with E-state index in [0.29, 0.717) is 0 Å². The monoisotopic (exact) mass is 765 g/mol. The Morgan fingerprint density at radius 2 is 0.727 bits per heavy atom. The molecule has 2 aromatic rings. The lowest BCUT2D eigenvalue weighted by molar-refractivity contribution is -0.0763. The molecule has 0 bridgehead atoms. The number of aliphatic hydroxyl groups is 3. The largest absolute Gasteiger partial charge is 0.484 e. The molecule has 1 unspecified atom stereocenters. The maximum atomic E-state index is 11.5. The van der Waals surface area contributed by atoms with Crippen LogP contribution in [0.5, 0.6) is 5.75 Å². The summed E-state index contributed by atoms with van der Waals surface area (Å²) in [5.74, 6) is 0.878. The van der Waals surface area contributed by atoms with E-state index in [2.05, 4.69) is 121 Å². The summed E-state index contributed by atoms with van der Waals surface area (Å²) in [4.78, 5) is 0. The van der Waals surface area contributed by atoms with E-state index in [0.717, 1.165) is 88.4 Å². The molecular formula is C51H88O4. The second-order valence-electron chi connectivity index (χ2n) is 20.2. The molecule has 0 aromatic heterocycles. The minimum atomic E-state index is -1.34. The summed E-state index contributed by atoms with van der Waals surface area (Å²) in [6, 6.07) is 9.37. The van der Waals surface area contributed by atoms with Crippen LogP contribution in [0.4, 0.5) is 0 Å². The first-order valence-corrected chi connectivity index (χ1v) is 22.6. The van der Waals surface area contributed by atoms with Gasteiger partial charge in [-0.05, 0) is 72.3 Å². The Morgan fingerprint density at radius 1 is 0.455 bits per heavy atom. The molecule has 2 rings (SSSR count). The van der Waals surface area contributed by atoms with Crippen LogP contribution >= 0.6 is 0 Å². The molecule has 0 aliphatic rings. The second kappa shape index (κ2) is 21.8. The Morgan fingerprint density at radius 3 is 1.00 bits per heavy atom. The van der Waals surface area contributed by atoms with Crippen LogP contribution in [0, 0.1) is 19.3 Å². The topological polar surface area (TPSA) is 69.9 Å². The second-order valence-corrected chi connectivity index (χ2v) is 20.2. The highest BCUT2D eigenvalue weighted by molar-refractivity contribution is 5.53. The molecule has 0 saturated carbocycles. The number of ether oxygens (including phenoxy) is 1. The summed E-state index contributed by atoms with van der Waals surface area (Å²) < 4.78 is 7.82. The average Bonchev–Trinajstić information content (AvgIpc) is 3.12. The molecule has 0 aliphatic carbocycles. The lowest BCUT2D eigenvalue weighted by Gasteiger charge is -2.45. The summed E-state index contributed by atoms with van der Waals surface area (Å²) in [6.07, 6.45) is 17.1. The molecule has 3 N–H and O–H groups in total. The van der Waals surface area contributed by atoms with Crippen molar-refractivity contribution in [3.8, 4) is 5.75 Å². The standard InChI is InChI=1S/C51H88O4/c1-15-19-23-27-47(7,8)40-31-38(5)32-41(48(9,10)28-24-20-16-2)44(40)46(51(35-52,36-53)37-54)55-45-42(49(11,12)29-25-21-17-3)33-39(6)34-43(45)50(13,14)30-26-22-18-4/h31-34,46,52-54H,15-30,35-37H2,1-14H3. The molecule has 4 heteroatoms. The summed E-state index contributed by atoms with van der Waals surface area (Å²) in [7, 11) is 0. The SMILES string of the molecule is CCCCCC(C)(C)c1cc(C)cc(C(C)(C)CCCCC)c1OC(c1c(C(C)(C)CCCCC)cc(C)cc1C(C)(C)CCCCC)C(CO)(CO)CO. The van der Waals surface area contributed by atoms with Crippen LogP contribution in [0.25, 0.3) is 0 Å². The Bertz CT molecular complexity index is 1330. The molecule has 4 nitrogen and oxygen atoms in total. The van der Waals surface area contributed by atoms with Crippen LogP contribution in [0.2, 0.25) is 0 Å². The van der Waals surface area contributed by atoms with Gasteiger partial charge in [0.1, 0.15) is 11.9 Å². The lowest BCUT2D eigenvalue weighted by Crippen LogP contribution is -2.45. The highest BCUT2D eigenvalue weighted by Gasteiger charge is 2.47. The van der Waals surface area contributed by atoms with Crippen molar-refractivity contribution in [3.05, 3.63) is 63.2 Å². The number of aliphatic hydroxyl groups excluding tert-OH is 3. The van der Waals surface area contributed by atoms with E-state index in [1.807, 2.05) is 0 Å². The minimum absolute atomic E-state index is 0.187. The molecule has 0 aliphatic heterocycles. The fourth-order valence-corrected chi connectivity index (χ4v) is 8.92. The molecule has 0 radical (unpaired) electrons. The molecule has 0 fully saturated rings. The Kier molecular flexibility index (Phi) is 19.5. The van der Waals surface area contributed by atoms with Crippen molar-refractivity contribution in [2.45, 2.75) is 227 Å². The fourth-order valence-electron chi connectivity index (χ4n) is 8.92. The third-order valence-electron chi connectivity index (χ3n) is 13.1. The van der Waals surface area contributed by atoms with E-state index in [9.17, 15) is 15.3 Å². The van der Waals surface area contributed by atoms with Crippen LogP contribution in [0.15, 0.2) is 24.3 Å². The van der Waals surface area contributed by atoms with E-state index in [1.165, 1.54) is 59.1 Å². The maximum Gasteiger partial charge on any atom is 0.137 e. The zero-order valence-electron chi connectivity index (χ0n) is 38.6. The van der Waals surface area contributed by atoms with E-state index in [-0.39, 0.29) is 21.7 Å². The van der Waals surface area contributed by atoms with Crippen LogP contribution in [0.1, 0.15) is 231 Å². The number of hydrogen-bond donors (Lipinski definition) is 3. The normalized spacial score (nSPS) is 13.8. The van der Waals surface area contributed by atoms with Crippen molar-refractivity contribution < 1.29 is 20.1 Å². The van der Waals surface area contributed by atoms with Crippen molar-refractivity contribution in [2.24, 2.45) is 5.41 Å². The summed E-state index contributed by atoms with van der Waals surface area (Å²) in [5.41, 5.74) is 6.17. The predicted octanol–water partition coefficient (Wildman–Crippen LogP) is 13.8. The molecule has 55 heavy (non-hydrogen) atoms. The highest BCUT2D eigenvalue weighted by atomic mass is 16.5. The Balaban J connectivity index is 3.26. The van der Waals surface area contributed by atoms with Gasteiger partial charge in [-0.2, -0.15) is 0 Å². The van der Waals surface area contributed by atoms with Crippen molar-refractivity contribution in [1.82, 2.24) is 0 Å². The van der Waals surface area contributed by atoms with Crippen molar-refractivity contribution in [2.75, 3.05) is 19.8 Å². The quantitative estimate of drug-likeness (QED) is 0.0792. The predicted molar refractivity (Wildman–Crippen MR) is 238 cm³/mol. The van der Waals surface area contributed by atoms with Gasteiger partial charge in [0.05, 0.1) is 25.2 Å². The summed E-state index contributed by atoms with van der Waals surface area (Å²) in [6.45, 7) is 31.2. The van der Waals surface area contributed by atoms with E-state index in [4.69, 9.17) is 4.74 Å². The molecule has 0 amide bonds. The molecule has 0 saturated heterocycles. The number of unbranched alkanes of at least 4 members (excludes halogenated alkanes) is 8. The van der Waals surface area contributed by atoms with Gasteiger partial charge in [0.25, 0.3) is 0 Å². The smallest absolute Gasteiger partial charge is 0.137 e. The molecule has 316 valence electrons. The van der Waals surface area contributed by atoms with Gasteiger partial charge in [-0.15, -0.1) is 0 Å². The number of benzene rings is 2. The Hall–Kier alpha value is -1.88. The van der Waals surface area contributed by atoms with Gasteiger partial charge in [0, 0.05) is 16.7 Å². The minimum Gasteiger partial charge on any atom is -0.484 e. The van der Waals surface area contributed by atoms with Gasteiger partial charge >= 0.3 is 0 Å². The summed E-state index contributed by atoms with van der Waals surface area (Å²) in [5, 5.41) is 34.4. The molecule has 1 atom stereocenters. The fraction of sp³-hybridized carbons (Fsp3) is 0.765. The van der Waals surface area contributed by atoms with E-state index in [1.54, 1.807) is 0 Å². The van der Waals surface area contributed by atoms with Gasteiger partial charge in [-0.1, -0.05) is 196 Å². The van der Waals surface area contributed by atoms with Gasteiger partial charge in [0.15, 0.2) is 0 Å². The first-order valence-electron chi connectivity index (χ1n) is 22.6. The maximum absolute atomic E-state index is 11.5. The van der Waals surface area contributed by atoms with Gasteiger partial charge in [0.2, 0.25) is 0 Å². The van der Waals surface area contributed by atoms with E-state index >= 15 is 0 Å². The van der Waals surface area contributed by atoms with Crippen LogP contribution < -0.4 is 4.74 Å². The van der Waals surface area contributed by atoms with Gasteiger partial charge < -0.3 is 20.1 Å². The third-order valence-corrected chi connectivity index (χ3v) is 13.1. The lowest BCUT2D eigenvalue weighted by atomic mass is 9.66. The van der Waals surface area contributed by atoms with Crippen molar-refractivity contribution in [1.29, 1.82) is 0 Å². The average molecular weight is 765 g/mol. The first-order chi connectivity index (χ1) is 25.8. The molecule has 0 heterocycles. The molecule has 0 spiro atoms. The van der Waals surface area contributed by atoms with Crippen LogP contribution in [0.3, 0.4) is 0 Å². The first kappa shape index (κ1) is 49.3. The number of rotatable bonds is 27. The molecular weight excluding hydrogens is 677 g/mol. The zero-order valence-corrected chi connectivity index (χ0v) is 38.6. The molecule has 2 aromatic carbocycles. The van der Waals surface area contributed by atoms with Crippen molar-refractivity contribution in [3.63, 3.8) is 0 Å². The summed E-state index contributed by atoms with van der Waals surface area (Å²) >= 11 is 0. The van der Waals surface area contributed by atoms with E-state index < -0.39 is 31.3 Å². The number of hydrogen-bond acceptors (Lipinski definition) is 4. The zero-order chi connectivity index (χ0) is 41.7. The third kappa shape index (κ3) is 12.8. The Labute approximate surface area is 340 Å². The van der Waals surface area contributed by atoms with Gasteiger partial charge in [-0.25, -0.2) is 0 Å². The van der Waals surface area contributed by atoms with Crippen LogP contribution in [-0.2, 0) is 21.7 Å². The van der Waals surface area contributed by atoms with Crippen LogP contribution in [-0.4, -0.2) is 35.1 Å². The van der Waals surface area contributed by atoms with Crippen molar-refractivity contribution >= 4 is 0 Å². The number of aryl methyl sites for hydroxylation is 2. The van der Waals surface area contributed by atoms with Gasteiger partial charge in [-0.3, -0.25) is 0 Å². The highest BCUT2D eigenvalue weighted by Crippen LogP contribution is 2.52.